The van der Waals surface area contributed by atoms with Crippen LogP contribution in [0.4, 0.5) is 0 Å². The van der Waals surface area contributed by atoms with Crippen molar-refractivity contribution in [3.63, 3.8) is 0 Å². The molecule has 5 heteroatoms. The van der Waals surface area contributed by atoms with Gasteiger partial charge in [-0.15, -0.1) is 0 Å². The highest BCUT2D eigenvalue weighted by Crippen LogP contribution is 2.38. The van der Waals surface area contributed by atoms with E-state index in [2.05, 4.69) is 4.98 Å². The lowest BCUT2D eigenvalue weighted by atomic mass is 10.0. The third-order valence-corrected chi connectivity index (χ3v) is 3.03. The summed E-state index contributed by atoms with van der Waals surface area (Å²) in [5.74, 6) is -0.0179. The molecule has 5 nitrogen and oxygen atoms in total. The Balaban J connectivity index is 2.75. The molecule has 1 heterocycles. The number of para-hydroxylation sites is 1. The number of carboxylic acid groups (broad SMARTS) is 1. The Labute approximate surface area is 116 Å². The highest BCUT2D eigenvalue weighted by atomic mass is 16.5. The first-order valence-corrected chi connectivity index (χ1v) is 6.00. The maximum absolute atomic E-state index is 11.5. The summed E-state index contributed by atoms with van der Waals surface area (Å²) in [6.45, 7) is 1.74. The molecule has 0 bridgehead atoms. The number of rotatable bonds is 4. The number of hydrogen-bond acceptors (Lipinski definition) is 4. The normalized spacial score (nSPS) is 10.2. The second-order valence-corrected chi connectivity index (χ2v) is 4.20. The number of nitrogens with zero attached hydrogens (tertiary/aromatic N) is 1. The van der Waals surface area contributed by atoms with Crippen molar-refractivity contribution in [2.45, 2.75) is 6.92 Å². The number of carbonyl (C=O) groups is 1. The van der Waals surface area contributed by atoms with Crippen molar-refractivity contribution >= 4 is 5.97 Å². The van der Waals surface area contributed by atoms with Gasteiger partial charge in [-0.25, -0.2) is 4.79 Å². The summed E-state index contributed by atoms with van der Waals surface area (Å²) in [4.78, 5) is 15.7. The summed E-state index contributed by atoms with van der Waals surface area (Å²) in [6.07, 6.45) is 1.58. The van der Waals surface area contributed by atoms with Crippen molar-refractivity contribution in [3.05, 3.63) is 41.6 Å². The zero-order chi connectivity index (χ0) is 14.7. The van der Waals surface area contributed by atoms with E-state index in [9.17, 15) is 9.90 Å². The van der Waals surface area contributed by atoms with Crippen molar-refractivity contribution in [1.29, 1.82) is 0 Å². The van der Waals surface area contributed by atoms with Gasteiger partial charge in [0.15, 0.2) is 11.5 Å². The average Bonchev–Trinajstić information content (AvgIpc) is 2.45. The molecule has 2 rings (SSSR count). The van der Waals surface area contributed by atoms with Gasteiger partial charge in [0.25, 0.3) is 0 Å². The molecule has 0 aliphatic rings. The first kappa shape index (κ1) is 13.9. The summed E-state index contributed by atoms with van der Waals surface area (Å²) in [6, 6.07) is 6.94. The second kappa shape index (κ2) is 5.61. The number of hydrogen-bond donors (Lipinski definition) is 1. The van der Waals surface area contributed by atoms with Crippen LogP contribution in [0.2, 0.25) is 0 Å². The van der Waals surface area contributed by atoms with Crippen LogP contribution in [0.25, 0.3) is 11.3 Å². The van der Waals surface area contributed by atoms with Gasteiger partial charge < -0.3 is 14.6 Å². The summed E-state index contributed by atoms with van der Waals surface area (Å²) < 4.78 is 10.6. The monoisotopic (exact) mass is 273 g/mol. The molecule has 0 unspecified atom stereocenters. The molecule has 1 aromatic carbocycles. The molecule has 0 atom stereocenters. The predicted octanol–water partition coefficient (Wildman–Crippen LogP) is 2.77. The summed E-state index contributed by atoms with van der Waals surface area (Å²) in [5, 5.41) is 9.39. The van der Waals surface area contributed by atoms with E-state index >= 15 is 0 Å². The van der Waals surface area contributed by atoms with Gasteiger partial charge in [-0.1, -0.05) is 6.07 Å². The minimum absolute atomic E-state index is 0.166. The van der Waals surface area contributed by atoms with Crippen molar-refractivity contribution in [2.75, 3.05) is 14.2 Å². The molecule has 0 saturated carbocycles. The van der Waals surface area contributed by atoms with Crippen LogP contribution >= 0.6 is 0 Å². The number of ether oxygens (including phenoxy) is 2. The molecule has 1 N–H and O–H groups in total. The number of aromatic carboxylic acids is 1. The molecular weight excluding hydrogens is 258 g/mol. The van der Waals surface area contributed by atoms with Gasteiger partial charge in [0, 0.05) is 11.8 Å². The minimum atomic E-state index is -1.02. The van der Waals surface area contributed by atoms with Crippen LogP contribution in [0.3, 0.4) is 0 Å². The van der Waals surface area contributed by atoms with E-state index < -0.39 is 5.97 Å². The van der Waals surface area contributed by atoms with E-state index in [0.29, 0.717) is 28.3 Å². The third-order valence-electron chi connectivity index (χ3n) is 3.03. The van der Waals surface area contributed by atoms with Crippen molar-refractivity contribution in [1.82, 2.24) is 4.98 Å². The molecule has 0 radical (unpaired) electrons. The Morgan fingerprint density at radius 1 is 1.20 bits per heavy atom. The van der Waals surface area contributed by atoms with Crippen LogP contribution in [0, 0.1) is 6.92 Å². The van der Waals surface area contributed by atoms with Crippen LogP contribution in [0.15, 0.2) is 30.5 Å². The lowest BCUT2D eigenvalue weighted by molar-refractivity contribution is 0.0696. The number of methoxy groups -OCH3 is 2. The van der Waals surface area contributed by atoms with E-state index in [4.69, 9.17) is 9.47 Å². The molecule has 2 aromatic rings. The molecule has 0 saturated heterocycles. The SMILES string of the molecule is COc1cccc(-c2nccc(C)c2C(=O)O)c1OC. The van der Waals surface area contributed by atoms with Gasteiger partial charge in [-0.05, 0) is 30.7 Å². The van der Waals surface area contributed by atoms with Gasteiger partial charge in [-0.3, -0.25) is 4.98 Å². The molecule has 20 heavy (non-hydrogen) atoms. The van der Waals surface area contributed by atoms with Crippen LogP contribution < -0.4 is 9.47 Å². The zero-order valence-electron chi connectivity index (χ0n) is 11.5. The maximum atomic E-state index is 11.5. The van der Waals surface area contributed by atoms with E-state index in [1.807, 2.05) is 0 Å². The third kappa shape index (κ3) is 2.30. The number of carboxylic acids is 1. The second-order valence-electron chi connectivity index (χ2n) is 4.20. The topological polar surface area (TPSA) is 68.7 Å². The van der Waals surface area contributed by atoms with E-state index in [1.165, 1.54) is 14.2 Å². The molecule has 0 fully saturated rings. The Bertz CT molecular complexity index is 652. The number of pyridine rings is 1. The maximum Gasteiger partial charge on any atom is 0.338 e. The molecule has 0 aliphatic carbocycles. The van der Waals surface area contributed by atoms with Gasteiger partial charge in [0.2, 0.25) is 0 Å². The molecule has 0 spiro atoms. The lowest BCUT2D eigenvalue weighted by Gasteiger charge is -2.14. The van der Waals surface area contributed by atoms with Gasteiger partial charge in [0.05, 0.1) is 25.5 Å². The van der Waals surface area contributed by atoms with Crippen molar-refractivity contribution < 1.29 is 19.4 Å². The fourth-order valence-electron chi connectivity index (χ4n) is 2.11. The van der Waals surface area contributed by atoms with E-state index in [0.717, 1.165) is 0 Å². The highest BCUT2D eigenvalue weighted by molar-refractivity contribution is 5.97. The first-order valence-electron chi connectivity index (χ1n) is 6.00. The Kier molecular flexibility index (Phi) is 3.89. The van der Waals surface area contributed by atoms with Crippen molar-refractivity contribution in [2.24, 2.45) is 0 Å². The zero-order valence-corrected chi connectivity index (χ0v) is 11.5. The van der Waals surface area contributed by atoms with Gasteiger partial charge in [-0.2, -0.15) is 0 Å². The fourth-order valence-corrected chi connectivity index (χ4v) is 2.11. The molecule has 104 valence electrons. The Morgan fingerprint density at radius 3 is 2.55 bits per heavy atom. The van der Waals surface area contributed by atoms with E-state index in [1.54, 1.807) is 37.4 Å². The Hall–Kier alpha value is -2.56. The number of aromatic nitrogens is 1. The van der Waals surface area contributed by atoms with E-state index in [-0.39, 0.29) is 5.56 Å². The quantitative estimate of drug-likeness (QED) is 0.927. The standard InChI is InChI=1S/C15H15NO4/c1-9-7-8-16-13(12(9)15(17)18)10-5-4-6-11(19-2)14(10)20-3/h4-8H,1-3H3,(H,17,18). The minimum Gasteiger partial charge on any atom is -0.493 e. The fraction of sp³-hybridized carbons (Fsp3) is 0.200. The molecule has 0 amide bonds. The van der Waals surface area contributed by atoms with Crippen LogP contribution in [-0.2, 0) is 0 Å². The Morgan fingerprint density at radius 2 is 1.95 bits per heavy atom. The smallest absolute Gasteiger partial charge is 0.338 e. The van der Waals surface area contributed by atoms with Crippen molar-refractivity contribution in [3.8, 4) is 22.8 Å². The summed E-state index contributed by atoms with van der Waals surface area (Å²) >= 11 is 0. The van der Waals surface area contributed by atoms with Crippen LogP contribution in [0.1, 0.15) is 15.9 Å². The lowest BCUT2D eigenvalue weighted by Crippen LogP contribution is -2.05. The highest BCUT2D eigenvalue weighted by Gasteiger charge is 2.20. The first-order chi connectivity index (χ1) is 9.60. The average molecular weight is 273 g/mol. The molecule has 0 aliphatic heterocycles. The van der Waals surface area contributed by atoms with Gasteiger partial charge in [0.1, 0.15) is 0 Å². The summed E-state index contributed by atoms with van der Waals surface area (Å²) in [5.41, 5.74) is 1.77. The molecular formula is C15H15NO4. The largest absolute Gasteiger partial charge is 0.493 e. The number of aryl methyl sites for hydroxylation is 1. The van der Waals surface area contributed by atoms with Crippen LogP contribution in [-0.4, -0.2) is 30.3 Å². The summed E-state index contributed by atoms with van der Waals surface area (Å²) in [7, 11) is 3.04. The molecule has 1 aromatic heterocycles. The van der Waals surface area contributed by atoms with Gasteiger partial charge >= 0.3 is 5.97 Å². The van der Waals surface area contributed by atoms with Crippen LogP contribution in [0.5, 0.6) is 11.5 Å². The number of benzene rings is 1. The predicted molar refractivity (Wildman–Crippen MR) is 74.5 cm³/mol.